The van der Waals surface area contributed by atoms with Crippen LogP contribution in [0.1, 0.15) is 0 Å². The zero-order valence-corrected chi connectivity index (χ0v) is 19.2. The number of phenolic OH excluding ortho intramolecular Hbond substituents is 2. The highest BCUT2D eigenvalue weighted by atomic mass is 16.7. The van der Waals surface area contributed by atoms with Crippen LogP contribution in [0.3, 0.4) is 0 Å². The van der Waals surface area contributed by atoms with Crippen molar-refractivity contribution < 1.29 is 19.9 Å². The van der Waals surface area contributed by atoms with Crippen LogP contribution in [0, 0.1) is 0 Å². The highest BCUT2D eigenvalue weighted by Gasteiger charge is 2.23. The maximum atomic E-state index is 11.5. The van der Waals surface area contributed by atoms with Gasteiger partial charge in [0.2, 0.25) is 0 Å². The van der Waals surface area contributed by atoms with Gasteiger partial charge in [0, 0.05) is 17.2 Å². The predicted molar refractivity (Wildman–Crippen MR) is 139 cm³/mol. The fourth-order valence-corrected chi connectivity index (χ4v) is 3.95. The minimum absolute atomic E-state index is 0.0442. The standard InChI is InChI=1S/C30H22N2O4/c33-24-17-10-18-25(19-24)35-31-32-36-30-27(22-13-6-2-7-14-22)20-26(21-11-4-1-5-12-21)29(34)28(30)23-15-8-3-9-16-23/h1-20,33-34H. The van der Waals surface area contributed by atoms with Gasteiger partial charge >= 0.3 is 0 Å². The van der Waals surface area contributed by atoms with E-state index in [-0.39, 0.29) is 11.5 Å². The molecule has 0 bridgehead atoms. The van der Waals surface area contributed by atoms with Gasteiger partial charge in [-0.1, -0.05) is 97.1 Å². The quantitative estimate of drug-likeness (QED) is 0.186. The van der Waals surface area contributed by atoms with Gasteiger partial charge in [-0.2, -0.15) is 0 Å². The number of nitrogens with zero attached hydrogens (tertiary/aromatic N) is 2. The predicted octanol–water partition coefficient (Wildman–Crippen LogP) is 7.84. The average molecular weight is 475 g/mol. The Morgan fingerprint density at radius 1 is 0.500 bits per heavy atom. The van der Waals surface area contributed by atoms with E-state index in [0.717, 1.165) is 22.3 Å². The fraction of sp³-hybridized carbons (Fsp3) is 0. The van der Waals surface area contributed by atoms with Crippen molar-refractivity contribution in [2.45, 2.75) is 0 Å². The highest BCUT2D eigenvalue weighted by Crippen LogP contribution is 2.49. The minimum Gasteiger partial charge on any atom is -0.508 e. The SMILES string of the molecule is Oc1cccc(ON=NOc2c(-c3ccccc3)cc(-c3ccccc3)c(O)c2-c2ccccc2)c1. The summed E-state index contributed by atoms with van der Waals surface area (Å²) < 4.78 is 0. The van der Waals surface area contributed by atoms with Crippen molar-refractivity contribution in [3.05, 3.63) is 121 Å². The molecule has 0 aromatic heterocycles. The Balaban J connectivity index is 1.66. The van der Waals surface area contributed by atoms with Crippen molar-refractivity contribution in [3.8, 4) is 56.4 Å². The molecule has 2 N–H and O–H groups in total. The van der Waals surface area contributed by atoms with Crippen LogP contribution in [-0.4, -0.2) is 10.2 Å². The van der Waals surface area contributed by atoms with E-state index in [9.17, 15) is 10.2 Å². The molecule has 0 unspecified atom stereocenters. The van der Waals surface area contributed by atoms with Gasteiger partial charge in [0.25, 0.3) is 0 Å². The van der Waals surface area contributed by atoms with Gasteiger partial charge in [-0.15, -0.1) is 0 Å². The summed E-state index contributed by atoms with van der Waals surface area (Å²) in [7, 11) is 0. The molecule has 5 aromatic rings. The van der Waals surface area contributed by atoms with Crippen LogP contribution in [0.2, 0.25) is 0 Å². The topological polar surface area (TPSA) is 83.6 Å². The third-order valence-corrected chi connectivity index (χ3v) is 5.61. The van der Waals surface area contributed by atoms with Crippen LogP contribution in [0.15, 0.2) is 132 Å². The summed E-state index contributed by atoms with van der Waals surface area (Å²) in [5.41, 5.74) is 4.36. The van der Waals surface area contributed by atoms with E-state index in [4.69, 9.17) is 9.68 Å². The largest absolute Gasteiger partial charge is 0.508 e. The van der Waals surface area contributed by atoms with Crippen molar-refractivity contribution in [2.24, 2.45) is 10.6 Å². The van der Waals surface area contributed by atoms with E-state index in [1.54, 1.807) is 12.1 Å². The molecule has 5 rings (SSSR count). The number of hydrogen-bond donors (Lipinski definition) is 2. The molecule has 36 heavy (non-hydrogen) atoms. The van der Waals surface area contributed by atoms with Crippen molar-refractivity contribution >= 4 is 0 Å². The summed E-state index contributed by atoms with van der Waals surface area (Å²) in [6.45, 7) is 0. The molecule has 0 aliphatic rings. The molecule has 0 spiro atoms. The molecule has 5 aromatic carbocycles. The minimum atomic E-state index is 0.0442. The lowest BCUT2D eigenvalue weighted by atomic mass is 9.91. The number of rotatable bonds is 7. The lowest BCUT2D eigenvalue weighted by molar-refractivity contribution is 0.208. The molecule has 6 heteroatoms. The Hall–Kier alpha value is -5.10. The summed E-state index contributed by atoms with van der Waals surface area (Å²) in [5.74, 6) is 0.734. The summed E-state index contributed by atoms with van der Waals surface area (Å²) in [6.07, 6.45) is 0. The van der Waals surface area contributed by atoms with Crippen LogP contribution >= 0.6 is 0 Å². The number of hydrogen-bond acceptors (Lipinski definition) is 6. The van der Waals surface area contributed by atoms with Crippen molar-refractivity contribution in [1.82, 2.24) is 0 Å². The van der Waals surface area contributed by atoms with Crippen molar-refractivity contribution in [2.75, 3.05) is 0 Å². The summed E-state index contributed by atoms with van der Waals surface area (Å²) in [5, 5.41) is 28.6. The zero-order chi connectivity index (χ0) is 24.7. The van der Waals surface area contributed by atoms with Gasteiger partial charge in [-0.25, -0.2) is 0 Å². The van der Waals surface area contributed by atoms with E-state index in [0.29, 0.717) is 22.6 Å². The van der Waals surface area contributed by atoms with Gasteiger partial charge in [0.05, 0.1) is 16.1 Å². The van der Waals surface area contributed by atoms with Gasteiger partial charge in [0.1, 0.15) is 11.5 Å². The Bertz CT molecular complexity index is 1490. The Kier molecular flexibility index (Phi) is 6.58. The van der Waals surface area contributed by atoms with E-state index in [2.05, 4.69) is 10.6 Å². The molecule has 0 atom stereocenters. The first kappa shape index (κ1) is 22.7. The van der Waals surface area contributed by atoms with Crippen LogP contribution < -0.4 is 9.68 Å². The third-order valence-electron chi connectivity index (χ3n) is 5.61. The maximum Gasteiger partial charge on any atom is 0.179 e. The normalized spacial score (nSPS) is 10.9. The van der Waals surface area contributed by atoms with Gasteiger partial charge in [-0.05, 0) is 34.9 Å². The molecule has 0 aliphatic heterocycles. The third kappa shape index (κ3) is 4.88. The number of aromatic hydroxyl groups is 2. The lowest BCUT2D eigenvalue weighted by Crippen LogP contribution is -1.95. The van der Waals surface area contributed by atoms with Crippen molar-refractivity contribution in [1.29, 1.82) is 0 Å². The fourth-order valence-electron chi connectivity index (χ4n) is 3.95. The van der Waals surface area contributed by atoms with Crippen molar-refractivity contribution in [3.63, 3.8) is 0 Å². The second-order valence-corrected chi connectivity index (χ2v) is 7.97. The van der Waals surface area contributed by atoms with E-state index in [1.807, 2.05) is 97.1 Å². The molecule has 6 nitrogen and oxygen atoms in total. The molecule has 0 saturated carbocycles. The van der Waals surface area contributed by atoms with Crippen LogP contribution in [0.5, 0.6) is 23.0 Å². The smallest absolute Gasteiger partial charge is 0.179 e. The van der Waals surface area contributed by atoms with E-state index >= 15 is 0 Å². The second kappa shape index (κ2) is 10.4. The summed E-state index contributed by atoms with van der Waals surface area (Å²) >= 11 is 0. The first-order valence-electron chi connectivity index (χ1n) is 11.3. The second-order valence-electron chi connectivity index (χ2n) is 7.97. The van der Waals surface area contributed by atoms with Gasteiger partial charge in [0.15, 0.2) is 11.5 Å². The Labute approximate surface area is 208 Å². The molecular weight excluding hydrogens is 452 g/mol. The Morgan fingerprint density at radius 2 is 1.06 bits per heavy atom. The lowest BCUT2D eigenvalue weighted by Gasteiger charge is -2.18. The molecular formula is C30H22N2O4. The molecule has 176 valence electrons. The first-order chi connectivity index (χ1) is 17.7. The Morgan fingerprint density at radius 3 is 1.67 bits per heavy atom. The summed E-state index contributed by atoms with van der Waals surface area (Å²) in [6, 6.07) is 36.9. The number of phenols is 2. The van der Waals surface area contributed by atoms with Gasteiger partial charge < -0.3 is 19.9 Å². The van der Waals surface area contributed by atoms with E-state index in [1.165, 1.54) is 12.1 Å². The molecule has 0 fully saturated rings. The monoisotopic (exact) mass is 474 g/mol. The molecule has 0 amide bonds. The van der Waals surface area contributed by atoms with E-state index < -0.39 is 0 Å². The molecule has 0 saturated heterocycles. The maximum absolute atomic E-state index is 11.5. The average Bonchev–Trinajstić information content (AvgIpc) is 2.93. The summed E-state index contributed by atoms with van der Waals surface area (Å²) in [4.78, 5) is 11.0. The molecule has 0 aliphatic carbocycles. The highest BCUT2D eigenvalue weighted by molar-refractivity contribution is 5.93. The van der Waals surface area contributed by atoms with Crippen LogP contribution in [-0.2, 0) is 0 Å². The van der Waals surface area contributed by atoms with Crippen LogP contribution in [0.4, 0.5) is 0 Å². The van der Waals surface area contributed by atoms with Gasteiger partial charge in [-0.3, -0.25) is 0 Å². The zero-order valence-electron chi connectivity index (χ0n) is 19.2. The number of benzene rings is 5. The van der Waals surface area contributed by atoms with Crippen LogP contribution in [0.25, 0.3) is 33.4 Å². The molecule has 0 radical (unpaired) electrons. The molecule has 0 heterocycles. The first-order valence-corrected chi connectivity index (χ1v) is 11.3.